The van der Waals surface area contributed by atoms with Crippen LogP contribution in [0.25, 0.3) is 0 Å². The van der Waals surface area contributed by atoms with Crippen LogP contribution in [0.2, 0.25) is 5.02 Å². The summed E-state index contributed by atoms with van der Waals surface area (Å²) in [7, 11) is 0. The molecule has 0 heterocycles. The van der Waals surface area contributed by atoms with Crippen LogP contribution in [0.15, 0.2) is 24.3 Å². The van der Waals surface area contributed by atoms with Gasteiger partial charge in [-0.25, -0.2) is 0 Å². The number of hydrogen-bond acceptors (Lipinski definition) is 3. The zero-order chi connectivity index (χ0) is 12.7. The zero-order valence-electron chi connectivity index (χ0n) is 9.07. The number of carbonyl (C=O) groups is 1. The Kier molecular flexibility index (Phi) is 5.90. The van der Waals surface area contributed by atoms with Crippen LogP contribution >= 0.6 is 23.8 Å². The largest absolute Gasteiger partial charge is 0.396 e. The van der Waals surface area contributed by atoms with Crippen LogP contribution in [0.3, 0.4) is 0 Å². The number of carbonyl (C=O) groups excluding carboxylic acids is 1. The molecule has 0 spiro atoms. The predicted octanol–water partition coefficient (Wildman–Crippen LogP) is 1.33. The van der Waals surface area contributed by atoms with E-state index in [9.17, 15) is 4.79 Å². The van der Waals surface area contributed by atoms with Gasteiger partial charge < -0.3 is 10.4 Å². The van der Waals surface area contributed by atoms with Crippen LogP contribution < -0.4 is 10.6 Å². The molecule has 0 radical (unpaired) electrons. The summed E-state index contributed by atoms with van der Waals surface area (Å²) in [4.78, 5) is 11.7. The third-order valence-corrected chi connectivity index (χ3v) is 2.45. The minimum Gasteiger partial charge on any atom is -0.396 e. The van der Waals surface area contributed by atoms with Crippen molar-refractivity contribution in [1.82, 2.24) is 10.6 Å². The van der Waals surface area contributed by atoms with Gasteiger partial charge in [-0.2, -0.15) is 0 Å². The van der Waals surface area contributed by atoms with E-state index in [1.807, 2.05) is 0 Å². The lowest BCUT2D eigenvalue weighted by molar-refractivity contribution is 0.0976. The van der Waals surface area contributed by atoms with E-state index in [0.29, 0.717) is 23.6 Å². The molecular formula is C11H13ClN2O2S. The fourth-order valence-electron chi connectivity index (χ4n) is 1.10. The minimum atomic E-state index is -0.289. The van der Waals surface area contributed by atoms with Gasteiger partial charge in [-0.15, -0.1) is 0 Å². The zero-order valence-corrected chi connectivity index (χ0v) is 10.6. The molecule has 6 heteroatoms. The first-order valence-corrected chi connectivity index (χ1v) is 5.87. The highest BCUT2D eigenvalue weighted by Gasteiger charge is 2.06. The van der Waals surface area contributed by atoms with Crippen molar-refractivity contribution in [2.24, 2.45) is 0 Å². The summed E-state index contributed by atoms with van der Waals surface area (Å²) in [6.45, 7) is 0.608. The van der Waals surface area contributed by atoms with Gasteiger partial charge in [0, 0.05) is 23.7 Å². The Morgan fingerprint density at radius 3 is 2.59 bits per heavy atom. The molecule has 1 rings (SSSR count). The number of benzene rings is 1. The average Bonchev–Trinajstić information content (AvgIpc) is 2.30. The number of halogens is 1. The van der Waals surface area contributed by atoms with Crippen LogP contribution in [-0.2, 0) is 0 Å². The van der Waals surface area contributed by atoms with Crippen molar-refractivity contribution in [3.05, 3.63) is 34.9 Å². The van der Waals surface area contributed by atoms with E-state index in [-0.39, 0.29) is 17.6 Å². The van der Waals surface area contributed by atoms with E-state index in [1.165, 1.54) is 0 Å². The summed E-state index contributed by atoms with van der Waals surface area (Å²) in [6, 6.07) is 6.51. The third-order valence-electron chi connectivity index (χ3n) is 1.95. The first kappa shape index (κ1) is 13.9. The van der Waals surface area contributed by atoms with E-state index in [4.69, 9.17) is 28.9 Å². The molecule has 0 bridgehead atoms. The van der Waals surface area contributed by atoms with Crippen LogP contribution in [0.5, 0.6) is 0 Å². The highest BCUT2D eigenvalue weighted by Crippen LogP contribution is 2.09. The fraction of sp³-hybridized carbons (Fsp3) is 0.273. The lowest BCUT2D eigenvalue weighted by Gasteiger charge is -2.08. The standard InChI is InChI=1S/C11H13ClN2O2S/c12-9-4-2-8(3-5-9)10(16)14-11(17)13-6-1-7-15/h2-5,15H,1,6-7H2,(H2,13,14,16,17). The number of aliphatic hydroxyl groups excluding tert-OH is 1. The topological polar surface area (TPSA) is 61.4 Å². The lowest BCUT2D eigenvalue weighted by atomic mass is 10.2. The van der Waals surface area contributed by atoms with E-state index < -0.39 is 0 Å². The van der Waals surface area contributed by atoms with Gasteiger partial charge in [0.1, 0.15) is 0 Å². The highest BCUT2D eigenvalue weighted by molar-refractivity contribution is 7.80. The third kappa shape index (κ3) is 5.12. The van der Waals surface area contributed by atoms with Gasteiger partial charge in [-0.3, -0.25) is 10.1 Å². The van der Waals surface area contributed by atoms with Crippen molar-refractivity contribution in [2.75, 3.05) is 13.2 Å². The van der Waals surface area contributed by atoms with Crippen LogP contribution in [-0.4, -0.2) is 29.3 Å². The van der Waals surface area contributed by atoms with E-state index in [2.05, 4.69) is 10.6 Å². The molecule has 1 aromatic rings. The van der Waals surface area contributed by atoms with Crippen molar-refractivity contribution in [3.8, 4) is 0 Å². The molecule has 0 fully saturated rings. The Morgan fingerprint density at radius 1 is 1.35 bits per heavy atom. The molecule has 0 atom stereocenters. The van der Waals surface area contributed by atoms with Gasteiger partial charge in [-0.1, -0.05) is 11.6 Å². The molecule has 0 aliphatic heterocycles. The van der Waals surface area contributed by atoms with Crippen LogP contribution in [0, 0.1) is 0 Å². The Morgan fingerprint density at radius 2 is 2.00 bits per heavy atom. The first-order chi connectivity index (χ1) is 8.13. The fourth-order valence-corrected chi connectivity index (χ4v) is 1.42. The van der Waals surface area contributed by atoms with Crippen LogP contribution in [0.1, 0.15) is 16.8 Å². The summed E-state index contributed by atoms with van der Waals surface area (Å²) in [5.41, 5.74) is 0.487. The summed E-state index contributed by atoms with van der Waals surface area (Å²) < 4.78 is 0. The maximum absolute atomic E-state index is 11.7. The van der Waals surface area contributed by atoms with Crippen molar-refractivity contribution >= 4 is 34.8 Å². The molecule has 0 unspecified atom stereocenters. The molecule has 1 aromatic carbocycles. The van der Waals surface area contributed by atoms with Crippen molar-refractivity contribution in [2.45, 2.75) is 6.42 Å². The summed E-state index contributed by atoms with van der Waals surface area (Å²) in [5, 5.41) is 14.7. The normalized spacial score (nSPS) is 9.76. The summed E-state index contributed by atoms with van der Waals surface area (Å²) in [6.07, 6.45) is 0.580. The molecule has 0 aromatic heterocycles. The smallest absolute Gasteiger partial charge is 0.257 e. The minimum absolute atomic E-state index is 0.0841. The van der Waals surface area contributed by atoms with E-state index in [0.717, 1.165) is 0 Å². The number of aliphatic hydroxyl groups is 1. The second-order valence-corrected chi connectivity index (χ2v) is 4.14. The maximum atomic E-state index is 11.7. The molecule has 0 saturated heterocycles. The van der Waals surface area contributed by atoms with Crippen molar-refractivity contribution in [3.63, 3.8) is 0 Å². The molecule has 0 saturated carbocycles. The number of thiocarbonyl (C=S) groups is 1. The predicted molar refractivity (Wildman–Crippen MR) is 71.2 cm³/mol. The Hall–Kier alpha value is -1.17. The van der Waals surface area contributed by atoms with E-state index >= 15 is 0 Å². The molecule has 17 heavy (non-hydrogen) atoms. The molecule has 4 nitrogen and oxygen atoms in total. The lowest BCUT2D eigenvalue weighted by Crippen LogP contribution is -2.39. The Balaban J connectivity index is 2.43. The number of rotatable bonds is 4. The first-order valence-electron chi connectivity index (χ1n) is 5.09. The molecule has 0 aliphatic carbocycles. The molecule has 0 aliphatic rings. The quantitative estimate of drug-likeness (QED) is 0.572. The van der Waals surface area contributed by atoms with Crippen molar-refractivity contribution in [1.29, 1.82) is 0 Å². The summed E-state index contributed by atoms with van der Waals surface area (Å²) >= 11 is 10.6. The van der Waals surface area contributed by atoms with Gasteiger partial charge in [0.15, 0.2) is 5.11 Å². The molecule has 92 valence electrons. The average molecular weight is 273 g/mol. The maximum Gasteiger partial charge on any atom is 0.257 e. The van der Waals surface area contributed by atoms with Gasteiger partial charge in [-0.05, 0) is 42.9 Å². The van der Waals surface area contributed by atoms with E-state index in [1.54, 1.807) is 24.3 Å². The van der Waals surface area contributed by atoms with Crippen LogP contribution in [0.4, 0.5) is 0 Å². The van der Waals surface area contributed by atoms with Gasteiger partial charge >= 0.3 is 0 Å². The second kappa shape index (κ2) is 7.21. The van der Waals surface area contributed by atoms with Gasteiger partial charge in [0.05, 0.1) is 0 Å². The summed E-state index contributed by atoms with van der Waals surface area (Å²) in [5.74, 6) is -0.289. The van der Waals surface area contributed by atoms with Gasteiger partial charge in [0.2, 0.25) is 0 Å². The molecule has 1 amide bonds. The molecular weight excluding hydrogens is 260 g/mol. The number of nitrogens with one attached hydrogen (secondary N) is 2. The number of amides is 1. The number of hydrogen-bond donors (Lipinski definition) is 3. The van der Waals surface area contributed by atoms with Gasteiger partial charge in [0.25, 0.3) is 5.91 Å². The van der Waals surface area contributed by atoms with Crippen molar-refractivity contribution < 1.29 is 9.90 Å². The Bertz CT molecular complexity index is 395. The molecule has 3 N–H and O–H groups in total. The second-order valence-electron chi connectivity index (χ2n) is 3.29. The Labute approximate surface area is 110 Å². The monoisotopic (exact) mass is 272 g/mol. The highest BCUT2D eigenvalue weighted by atomic mass is 35.5. The SMILES string of the molecule is O=C(NC(=S)NCCCO)c1ccc(Cl)cc1.